The highest BCUT2D eigenvalue weighted by Gasteiger charge is 2.36. The monoisotopic (exact) mass is 505 g/mol. The van der Waals surface area contributed by atoms with Crippen molar-refractivity contribution >= 4 is 17.9 Å². The first kappa shape index (κ1) is 29.4. The fourth-order valence-electron chi connectivity index (χ4n) is 3.95. The van der Waals surface area contributed by atoms with Crippen LogP contribution in [0.1, 0.15) is 68.8 Å². The van der Waals surface area contributed by atoms with Crippen LogP contribution in [0, 0.1) is 26.3 Å². The minimum absolute atomic E-state index is 0.175. The van der Waals surface area contributed by atoms with Gasteiger partial charge in [0, 0.05) is 19.0 Å². The minimum atomic E-state index is -1.06. The number of nitrogens with one attached hydrogen (secondary N) is 2. The van der Waals surface area contributed by atoms with Crippen LogP contribution in [0.5, 0.6) is 0 Å². The van der Waals surface area contributed by atoms with Crippen molar-refractivity contribution in [3.05, 3.63) is 70.8 Å². The molecule has 0 saturated carbocycles. The third kappa shape index (κ3) is 8.98. The Morgan fingerprint density at radius 1 is 1.08 bits per heavy atom. The first-order valence-electron chi connectivity index (χ1n) is 12.6. The van der Waals surface area contributed by atoms with Crippen LogP contribution in [0.2, 0.25) is 0 Å². The molecule has 0 radical (unpaired) electrons. The molecule has 0 aromatic heterocycles. The van der Waals surface area contributed by atoms with Gasteiger partial charge in [0.1, 0.15) is 17.7 Å². The smallest absolute Gasteiger partial charge is 0.408 e. The Labute approximate surface area is 221 Å². The molecular formula is C30H39N3O4. The highest BCUT2D eigenvalue weighted by Crippen LogP contribution is 2.26. The van der Waals surface area contributed by atoms with Crippen LogP contribution < -0.4 is 10.6 Å². The SMILES string of the molecule is C#CN(C(=O)C(Cc1ccccc1)NC(=O)OC(C)(C)C)C(C(=O)NCCCC)c1ccc(C)cc1C. The summed E-state index contributed by atoms with van der Waals surface area (Å²) in [5.41, 5.74) is 2.56. The van der Waals surface area contributed by atoms with E-state index >= 15 is 0 Å². The van der Waals surface area contributed by atoms with E-state index in [2.05, 4.69) is 16.7 Å². The highest BCUT2D eigenvalue weighted by atomic mass is 16.6. The summed E-state index contributed by atoms with van der Waals surface area (Å²) < 4.78 is 5.41. The number of ether oxygens (including phenoxy) is 1. The lowest BCUT2D eigenvalue weighted by molar-refractivity contribution is -0.138. The van der Waals surface area contributed by atoms with Gasteiger partial charge in [0.2, 0.25) is 5.91 Å². The third-order valence-electron chi connectivity index (χ3n) is 5.70. The zero-order valence-corrected chi connectivity index (χ0v) is 22.8. The van der Waals surface area contributed by atoms with E-state index in [0.29, 0.717) is 12.1 Å². The number of rotatable bonds is 10. The van der Waals surface area contributed by atoms with Crippen molar-refractivity contribution in [2.24, 2.45) is 0 Å². The molecule has 2 aromatic carbocycles. The quantitative estimate of drug-likeness (QED) is 0.275. The van der Waals surface area contributed by atoms with Gasteiger partial charge in [0.05, 0.1) is 0 Å². The summed E-state index contributed by atoms with van der Waals surface area (Å²) in [6.45, 7) is 11.6. The topological polar surface area (TPSA) is 87.7 Å². The molecule has 0 bridgehead atoms. The molecule has 3 amide bonds. The van der Waals surface area contributed by atoms with E-state index in [1.165, 1.54) is 0 Å². The number of hydrogen-bond acceptors (Lipinski definition) is 4. The van der Waals surface area contributed by atoms with Gasteiger partial charge >= 0.3 is 6.09 Å². The molecule has 2 atom stereocenters. The molecule has 2 N–H and O–H groups in total. The number of amides is 3. The molecule has 7 nitrogen and oxygen atoms in total. The first-order chi connectivity index (χ1) is 17.5. The van der Waals surface area contributed by atoms with Gasteiger partial charge in [-0.05, 0) is 57.7 Å². The average Bonchev–Trinajstić information content (AvgIpc) is 2.82. The molecule has 0 aliphatic carbocycles. The van der Waals surface area contributed by atoms with Crippen LogP contribution in [0.15, 0.2) is 48.5 Å². The lowest BCUT2D eigenvalue weighted by Gasteiger charge is -2.31. The molecule has 7 heteroatoms. The maximum atomic E-state index is 13.9. The van der Waals surface area contributed by atoms with Crippen molar-refractivity contribution in [3.63, 3.8) is 0 Å². The molecule has 0 heterocycles. The van der Waals surface area contributed by atoms with Crippen LogP contribution in [-0.2, 0) is 20.7 Å². The van der Waals surface area contributed by atoms with Crippen LogP contribution in [-0.4, -0.2) is 41.0 Å². The van der Waals surface area contributed by atoms with E-state index in [0.717, 1.165) is 34.4 Å². The second-order valence-corrected chi connectivity index (χ2v) is 10.1. The zero-order chi connectivity index (χ0) is 27.6. The zero-order valence-electron chi connectivity index (χ0n) is 22.8. The number of aryl methyl sites for hydroxylation is 2. The summed E-state index contributed by atoms with van der Waals surface area (Å²) in [5, 5.41) is 5.59. The molecular weight excluding hydrogens is 466 g/mol. The lowest BCUT2D eigenvalue weighted by atomic mass is 9.96. The van der Waals surface area contributed by atoms with Crippen molar-refractivity contribution < 1.29 is 19.1 Å². The fraction of sp³-hybridized carbons (Fsp3) is 0.433. The molecule has 2 aromatic rings. The number of unbranched alkanes of at least 4 members (excludes halogenated alkanes) is 1. The van der Waals surface area contributed by atoms with Crippen molar-refractivity contribution in [2.75, 3.05) is 6.54 Å². The van der Waals surface area contributed by atoms with Gasteiger partial charge in [0.15, 0.2) is 0 Å². The van der Waals surface area contributed by atoms with Gasteiger partial charge in [-0.1, -0.05) is 73.9 Å². The number of alkyl carbamates (subject to hydrolysis) is 1. The predicted molar refractivity (Wildman–Crippen MR) is 146 cm³/mol. The minimum Gasteiger partial charge on any atom is -0.444 e. The molecule has 0 aliphatic rings. The lowest BCUT2D eigenvalue weighted by Crippen LogP contribution is -2.52. The summed E-state index contributed by atoms with van der Waals surface area (Å²) in [6.07, 6.45) is 7.02. The number of terminal acetylenes is 1. The highest BCUT2D eigenvalue weighted by molar-refractivity contribution is 5.93. The van der Waals surface area contributed by atoms with Gasteiger partial charge in [-0.25, -0.2) is 4.79 Å². The van der Waals surface area contributed by atoms with Crippen molar-refractivity contribution in [3.8, 4) is 12.5 Å². The molecule has 0 saturated heterocycles. The second-order valence-electron chi connectivity index (χ2n) is 10.1. The third-order valence-corrected chi connectivity index (χ3v) is 5.70. The van der Waals surface area contributed by atoms with E-state index in [1.54, 1.807) is 20.8 Å². The molecule has 0 aliphatic heterocycles. The van der Waals surface area contributed by atoms with Crippen molar-refractivity contribution in [1.82, 2.24) is 15.5 Å². The molecule has 37 heavy (non-hydrogen) atoms. The summed E-state index contributed by atoms with van der Waals surface area (Å²) in [6, 6.07) is 15.3. The van der Waals surface area contributed by atoms with Crippen molar-refractivity contribution in [1.29, 1.82) is 0 Å². The maximum absolute atomic E-state index is 13.9. The van der Waals surface area contributed by atoms with Crippen LogP contribution in [0.4, 0.5) is 4.79 Å². The van der Waals surface area contributed by atoms with Crippen LogP contribution in [0.25, 0.3) is 0 Å². The Morgan fingerprint density at radius 2 is 1.76 bits per heavy atom. The maximum Gasteiger partial charge on any atom is 0.408 e. The Balaban J connectivity index is 2.48. The first-order valence-corrected chi connectivity index (χ1v) is 12.6. The number of hydrogen-bond donors (Lipinski definition) is 2. The molecule has 0 spiro atoms. The summed E-state index contributed by atoms with van der Waals surface area (Å²) in [7, 11) is 0. The number of benzene rings is 2. The van der Waals surface area contributed by atoms with Crippen LogP contribution in [0.3, 0.4) is 0 Å². The normalized spacial score (nSPS) is 12.6. The summed E-state index contributed by atoms with van der Waals surface area (Å²) >= 11 is 0. The van der Waals surface area contributed by atoms with E-state index in [-0.39, 0.29) is 12.3 Å². The Hall–Kier alpha value is -3.79. The van der Waals surface area contributed by atoms with Gasteiger partial charge in [-0.3, -0.25) is 14.5 Å². The largest absolute Gasteiger partial charge is 0.444 e. The Kier molecular flexibility index (Phi) is 10.7. The van der Waals surface area contributed by atoms with Gasteiger partial charge < -0.3 is 15.4 Å². The summed E-state index contributed by atoms with van der Waals surface area (Å²) in [5.74, 6) is -0.949. The molecule has 198 valence electrons. The van der Waals surface area contributed by atoms with E-state index < -0.39 is 29.7 Å². The predicted octanol–water partition coefficient (Wildman–Crippen LogP) is 4.82. The van der Waals surface area contributed by atoms with E-state index in [1.807, 2.05) is 69.3 Å². The van der Waals surface area contributed by atoms with Gasteiger partial charge in [-0.15, -0.1) is 0 Å². The number of carbonyl (C=O) groups excluding carboxylic acids is 3. The standard InChI is InChI=1S/C30H39N3O4/c1-8-10-18-31-27(34)26(24-17-16-21(3)19-22(24)4)33(9-2)28(35)25(20-23-14-12-11-13-15-23)32-29(36)37-30(5,6)7/h2,11-17,19,25-26H,8,10,18,20H2,1,3-7H3,(H,31,34)(H,32,36). The summed E-state index contributed by atoms with van der Waals surface area (Å²) in [4.78, 5) is 41.1. The molecule has 2 rings (SSSR count). The number of nitrogens with zero attached hydrogens (tertiary/aromatic N) is 1. The van der Waals surface area contributed by atoms with Gasteiger partial charge in [-0.2, -0.15) is 0 Å². The van der Waals surface area contributed by atoms with E-state index in [9.17, 15) is 14.4 Å². The Bertz CT molecular complexity index is 1120. The average molecular weight is 506 g/mol. The molecule has 2 unspecified atom stereocenters. The Morgan fingerprint density at radius 3 is 2.32 bits per heavy atom. The van der Waals surface area contributed by atoms with Crippen LogP contribution >= 0.6 is 0 Å². The van der Waals surface area contributed by atoms with E-state index in [4.69, 9.17) is 11.2 Å². The van der Waals surface area contributed by atoms with Gasteiger partial charge in [0.25, 0.3) is 5.91 Å². The number of carbonyl (C=O) groups is 3. The second kappa shape index (κ2) is 13.5. The fourth-order valence-corrected chi connectivity index (χ4v) is 3.95. The van der Waals surface area contributed by atoms with Crippen molar-refractivity contribution in [2.45, 2.75) is 78.5 Å². The molecule has 0 fully saturated rings.